The third-order valence-electron chi connectivity index (χ3n) is 5.25. The summed E-state index contributed by atoms with van der Waals surface area (Å²) in [5.41, 5.74) is 2.47. The monoisotopic (exact) mass is 550 g/mol. The Morgan fingerprint density at radius 2 is 1.51 bits per heavy atom. The van der Waals surface area contributed by atoms with Gasteiger partial charge in [0.2, 0.25) is 0 Å². The molecule has 0 amide bonds. The molecule has 0 saturated heterocycles. The molecule has 0 atom stereocenters. The number of nitrogens with one attached hydrogen (secondary N) is 2. The summed E-state index contributed by atoms with van der Waals surface area (Å²) in [6, 6.07) is 18.3. The first-order valence-electron chi connectivity index (χ1n) is 11.1. The maximum atomic E-state index is 13.2. The third kappa shape index (κ3) is 7.39. The quantitative estimate of drug-likeness (QED) is 0.207. The Bertz CT molecular complexity index is 1450. The number of benzene rings is 3. The number of aliphatic hydroxyl groups excluding tert-OH is 2. The molecule has 190 valence electrons. The third-order valence-corrected chi connectivity index (χ3v) is 6.60. The van der Waals surface area contributed by atoms with Crippen molar-refractivity contribution in [1.82, 2.24) is 9.97 Å². The second kappa shape index (κ2) is 13.5. The van der Waals surface area contributed by atoms with Crippen LogP contribution in [0.25, 0.3) is 11.0 Å². The van der Waals surface area contributed by atoms with Crippen LogP contribution in [0.15, 0.2) is 71.6 Å². The van der Waals surface area contributed by atoms with Crippen LogP contribution in [0, 0.1) is 0 Å². The van der Waals surface area contributed by atoms with Crippen molar-refractivity contribution >= 4 is 89.8 Å². The number of aliphatic hydroxyl groups is 2. The summed E-state index contributed by atoms with van der Waals surface area (Å²) < 4.78 is 39.6. The van der Waals surface area contributed by atoms with E-state index in [2.05, 4.69) is 20.0 Å². The van der Waals surface area contributed by atoms with E-state index in [0.29, 0.717) is 34.6 Å². The van der Waals surface area contributed by atoms with Gasteiger partial charge in [0, 0.05) is 18.4 Å². The number of methoxy groups -OCH3 is 1. The van der Waals surface area contributed by atoms with E-state index in [9.17, 15) is 13.5 Å². The normalized spacial score (nSPS) is 11.0. The van der Waals surface area contributed by atoms with Crippen LogP contribution in [0.1, 0.15) is 5.56 Å². The Morgan fingerprint density at radius 3 is 2.14 bits per heavy atom. The first-order valence-corrected chi connectivity index (χ1v) is 12.6. The van der Waals surface area contributed by atoms with Crippen molar-refractivity contribution < 1.29 is 28.1 Å². The molecule has 12 heteroatoms. The average molecular weight is 551 g/mol. The minimum absolute atomic E-state index is 0. The number of anilines is 3. The summed E-state index contributed by atoms with van der Waals surface area (Å²) >= 11 is 0. The molecule has 0 fully saturated rings. The van der Waals surface area contributed by atoms with Crippen molar-refractivity contribution in [2.45, 2.75) is 11.3 Å². The molecule has 0 spiro atoms. The molecule has 0 aliphatic carbocycles. The van der Waals surface area contributed by atoms with E-state index in [1.807, 2.05) is 12.1 Å². The van der Waals surface area contributed by atoms with E-state index in [4.69, 9.17) is 14.6 Å². The zero-order valence-electron chi connectivity index (χ0n) is 19.5. The summed E-state index contributed by atoms with van der Waals surface area (Å²) in [4.78, 5) is 9.12. The molecule has 0 bridgehead atoms. The van der Waals surface area contributed by atoms with Crippen LogP contribution in [-0.2, 0) is 16.4 Å². The van der Waals surface area contributed by atoms with Gasteiger partial charge >= 0.3 is 51.4 Å². The molecule has 3 aromatic carbocycles. The topological polar surface area (TPSA) is 143 Å². The summed E-state index contributed by atoms with van der Waals surface area (Å²) in [6.07, 6.45) is 0.374. The van der Waals surface area contributed by atoms with E-state index < -0.39 is 10.0 Å². The van der Waals surface area contributed by atoms with Crippen molar-refractivity contribution in [2.24, 2.45) is 0 Å². The molecule has 4 N–H and O–H groups in total. The van der Waals surface area contributed by atoms with Gasteiger partial charge in [-0.2, -0.15) is 0 Å². The average Bonchev–Trinajstić information content (AvgIpc) is 2.89. The Hall–Kier alpha value is -2.29. The van der Waals surface area contributed by atoms with Crippen LogP contribution >= 0.6 is 0 Å². The van der Waals surface area contributed by atoms with Crippen LogP contribution in [0.2, 0.25) is 0 Å². The number of para-hydroxylation sites is 2. The van der Waals surface area contributed by atoms with Gasteiger partial charge < -0.3 is 25.0 Å². The van der Waals surface area contributed by atoms with Crippen LogP contribution in [0.5, 0.6) is 11.5 Å². The van der Waals surface area contributed by atoms with Gasteiger partial charge in [0.15, 0.2) is 11.6 Å². The molecule has 0 aliphatic heterocycles. The Kier molecular flexibility index (Phi) is 10.7. The number of aromatic nitrogens is 2. The molecule has 4 rings (SSSR count). The molecule has 0 radical (unpaired) electrons. The number of rotatable bonds is 11. The Balaban J connectivity index is 0.00000380. The molecule has 1 heterocycles. The summed E-state index contributed by atoms with van der Waals surface area (Å²) in [5, 5.41) is 21.5. The molecule has 37 heavy (non-hydrogen) atoms. The molecule has 10 nitrogen and oxygen atoms in total. The van der Waals surface area contributed by atoms with Gasteiger partial charge in [-0.25, -0.2) is 18.4 Å². The zero-order chi connectivity index (χ0) is 25.5. The van der Waals surface area contributed by atoms with Gasteiger partial charge in [-0.15, -0.1) is 0 Å². The van der Waals surface area contributed by atoms with Crippen LogP contribution in [-0.4, -0.2) is 107 Å². The number of hydrogen-bond acceptors (Lipinski definition) is 9. The molecule has 0 saturated carbocycles. The van der Waals surface area contributed by atoms with E-state index in [-0.39, 0.29) is 87.7 Å². The fraction of sp³-hybridized carbons (Fsp3) is 0.200. The maximum absolute atomic E-state index is 13.2. The first-order chi connectivity index (χ1) is 17.4. The zero-order valence-corrected chi connectivity index (χ0v) is 20.3. The standard InChI is InChI=1S/C25H26N4O6S.K.H/c1-34-19-7-6-17(12-13-30)23(16-19)28-24-25(27-22-5-3-2-4-21(22)26-24)29-36(32,33)20-10-8-18(9-11-20)35-15-14-31;;/h2-11,16,30-31H,12-15H2,1H3,(H,26,28)(H,27,29);;. The molecule has 0 unspecified atom stereocenters. The van der Waals surface area contributed by atoms with Crippen LogP contribution < -0.4 is 19.5 Å². The van der Waals surface area contributed by atoms with E-state index in [0.717, 1.165) is 5.56 Å². The number of fused-ring (bicyclic) bond motifs is 1. The fourth-order valence-corrected chi connectivity index (χ4v) is 4.50. The van der Waals surface area contributed by atoms with Gasteiger partial charge in [-0.3, -0.25) is 4.72 Å². The van der Waals surface area contributed by atoms with Gasteiger partial charge in [0.05, 0.1) is 29.6 Å². The predicted molar refractivity (Wildman–Crippen MR) is 144 cm³/mol. The summed E-state index contributed by atoms with van der Waals surface area (Å²) in [6.45, 7) is -0.109. The minimum atomic E-state index is -4.03. The molecule has 1 aromatic heterocycles. The van der Waals surface area contributed by atoms with Crippen molar-refractivity contribution in [3.8, 4) is 11.5 Å². The fourth-order valence-electron chi connectivity index (χ4n) is 3.49. The molecular weight excluding hydrogens is 523 g/mol. The number of sulfonamides is 1. The molecule has 4 aromatic rings. The number of nitrogens with zero attached hydrogens (tertiary/aromatic N) is 2. The number of hydrogen-bond donors (Lipinski definition) is 4. The predicted octanol–water partition coefficient (Wildman–Crippen LogP) is 2.44. The first kappa shape index (κ1) is 29.3. The molecular formula is C25H27KN4O6S. The van der Waals surface area contributed by atoms with E-state index in [1.54, 1.807) is 37.4 Å². The van der Waals surface area contributed by atoms with E-state index >= 15 is 0 Å². The van der Waals surface area contributed by atoms with Gasteiger partial charge in [0.1, 0.15) is 18.1 Å². The second-order valence-corrected chi connectivity index (χ2v) is 9.36. The SMILES string of the molecule is COc1ccc(CCO)c(Nc2nc3ccccc3nc2NS(=O)(=O)c2ccc(OCCO)cc2)c1.[KH]. The van der Waals surface area contributed by atoms with Gasteiger partial charge in [0.25, 0.3) is 10.0 Å². The van der Waals surface area contributed by atoms with Crippen molar-refractivity contribution in [3.05, 3.63) is 72.3 Å². The van der Waals surface area contributed by atoms with Crippen molar-refractivity contribution in [2.75, 3.05) is 37.0 Å². The second-order valence-electron chi connectivity index (χ2n) is 7.68. The van der Waals surface area contributed by atoms with Crippen LogP contribution in [0.3, 0.4) is 0 Å². The van der Waals surface area contributed by atoms with Gasteiger partial charge in [-0.1, -0.05) is 18.2 Å². The summed E-state index contributed by atoms with van der Waals surface area (Å²) in [5.74, 6) is 1.21. The Labute approximate surface area is 257 Å². The summed E-state index contributed by atoms with van der Waals surface area (Å²) in [7, 11) is -2.49. The van der Waals surface area contributed by atoms with Crippen molar-refractivity contribution in [3.63, 3.8) is 0 Å². The van der Waals surface area contributed by atoms with Crippen molar-refractivity contribution in [1.29, 1.82) is 0 Å². The van der Waals surface area contributed by atoms with Gasteiger partial charge in [-0.05, 0) is 54.4 Å². The van der Waals surface area contributed by atoms with Crippen LogP contribution in [0.4, 0.5) is 17.3 Å². The van der Waals surface area contributed by atoms with E-state index in [1.165, 1.54) is 24.3 Å². The number of ether oxygens (including phenoxy) is 2. The molecule has 0 aliphatic rings. The Morgan fingerprint density at radius 1 is 0.865 bits per heavy atom.